The molecule has 0 fully saturated rings. The molecule has 0 unspecified atom stereocenters. The Balaban J connectivity index is 2.10. The molecular formula is C14H10N2O2S. The van der Waals surface area contributed by atoms with E-state index in [1.165, 1.54) is 13.4 Å². The summed E-state index contributed by atoms with van der Waals surface area (Å²) in [6.45, 7) is 0. The van der Waals surface area contributed by atoms with Crippen LogP contribution in [-0.4, -0.2) is 22.9 Å². The molecular weight excluding hydrogens is 260 g/mol. The molecule has 2 heterocycles. The van der Waals surface area contributed by atoms with Gasteiger partial charge in [-0.1, -0.05) is 12.1 Å². The summed E-state index contributed by atoms with van der Waals surface area (Å²) in [6.07, 6.45) is 1.33. The van der Waals surface area contributed by atoms with Gasteiger partial charge in [0.15, 0.2) is 0 Å². The second-order valence-electron chi connectivity index (χ2n) is 3.92. The van der Waals surface area contributed by atoms with Crippen molar-refractivity contribution in [1.29, 1.82) is 0 Å². The number of nitrogens with zero attached hydrogens (tertiary/aromatic N) is 2. The van der Waals surface area contributed by atoms with Crippen LogP contribution in [0.1, 0.15) is 16.1 Å². The van der Waals surface area contributed by atoms with Gasteiger partial charge in [0.25, 0.3) is 0 Å². The van der Waals surface area contributed by atoms with E-state index in [1.54, 1.807) is 17.4 Å². The molecule has 4 nitrogen and oxygen atoms in total. The first-order chi connectivity index (χ1) is 9.29. The van der Waals surface area contributed by atoms with E-state index in [-0.39, 0.29) is 5.78 Å². The van der Waals surface area contributed by atoms with E-state index in [1.807, 2.05) is 29.6 Å². The van der Waals surface area contributed by atoms with Gasteiger partial charge in [-0.2, -0.15) is 0 Å². The molecule has 0 bridgehead atoms. The van der Waals surface area contributed by atoms with Crippen molar-refractivity contribution in [3.8, 4) is 5.88 Å². The Morgan fingerprint density at radius 1 is 1.26 bits per heavy atom. The SMILES string of the molecule is COc1cc(C(=O)c2cccc3ccsc23)ncn1. The Hall–Kier alpha value is -2.27. The summed E-state index contributed by atoms with van der Waals surface area (Å²) in [5.74, 6) is 0.269. The average molecular weight is 270 g/mol. The first kappa shape index (κ1) is 11.8. The lowest BCUT2D eigenvalue weighted by Crippen LogP contribution is -2.05. The quantitative estimate of drug-likeness (QED) is 0.687. The summed E-state index contributed by atoms with van der Waals surface area (Å²) in [6, 6.07) is 9.23. The monoisotopic (exact) mass is 270 g/mol. The molecule has 0 aliphatic heterocycles. The van der Waals surface area contributed by atoms with Crippen LogP contribution in [0.2, 0.25) is 0 Å². The third-order valence-corrected chi connectivity index (χ3v) is 3.77. The fourth-order valence-electron chi connectivity index (χ4n) is 1.89. The van der Waals surface area contributed by atoms with Gasteiger partial charge in [0.1, 0.15) is 12.0 Å². The van der Waals surface area contributed by atoms with Gasteiger partial charge in [-0.05, 0) is 22.9 Å². The Kier molecular flexibility index (Phi) is 2.97. The van der Waals surface area contributed by atoms with E-state index in [2.05, 4.69) is 9.97 Å². The fraction of sp³-hybridized carbons (Fsp3) is 0.0714. The molecule has 19 heavy (non-hydrogen) atoms. The molecule has 0 saturated heterocycles. The van der Waals surface area contributed by atoms with Gasteiger partial charge >= 0.3 is 0 Å². The molecule has 0 spiro atoms. The second-order valence-corrected chi connectivity index (χ2v) is 4.84. The van der Waals surface area contributed by atoms with Crippen LogP contribution < -0.4 is 4.74 Å². The molecule has 0 atom stereocenters. The third kappa shape index (κ3) is 2.08. The molecule has 0 radical (unpaired) electrons. The first-order valence-corrected chi connectivity index (χ1v) is 6.54. The zero-order valence-corrected chi connectivity index (χ0v) is 11.0. The van der Waals surface area contributed by atoms with Gasteiger partial charge in [0.05, 0.1) is 7.11 Å². The minimum absolute atomic E-state index is 0.117. The molecule has 0 aliphatic carbocycles. The first-order valence-electron chi connectivity index (χ1n) is 5.66. The number of carbonyl (C=O) groups excluding carboxylic acids is 1. The van der Waals surface area contributed by atoms with Crippen molar-refractivity contribution >= 4 is 27.2 Å². The fourth-order valence-corrected chi connectivity index (χ4v) is 2.80. The Morgan fingerprint density at radius 3 is 3.00 bits per heavy atom. The van der Waals surface area contributed by atoms with E-state index >= 15 is 0 Å². The number of hydrogen-bond donors (Lipinski definition) is 0. The summed E-state index contributed by atoms with van der Waals surface area (Å²) >= 11 is 1.55. The Labute approximate surface area is 113 Å². The van der Waals surface area contributed by atoms with Crippen molar-refractivity contribution in [1.82, 2.24) is 9.97 Å². The summed E-state index contributed by atoms with van der Waals surface area (Å²) in [5.41, 5.74) is 1.00. The predicted octanol–water partition coefficient (Wildman–Crippen LogP) is 2.93. The van der Waals surface area contributed by atoms with Crippen molar-refractivity contribution in [2.24, 2.45) is 0 Å². The van der Waals surface area contributed by atoms with Crippen LogP contribution in [-0.2, 0) is 0 Å². The van der Waals surface area contributed by atoms with Crippen LogP contribution in [0.4, 0.5) is 0 Å². The number of ether oxygens (including phenoxy) is 1. The predicted molar refractivity (Wildman–Crippen MR) is 73.8 cm³/mol. The lowest BCUT2D eigenvalue weighted by atomic mass is 10.1. The molecule has 2 aromatic heterocycles. The van der Waals surface area contributed by atoms with E-state index < -0.39 is 0 Å². The largest absolute Gasteiger partial charge is 0.481 e. The number of ketones is 1. The number of thiophene rings is 1. The van der Waals surface area contributed by atoms with Crippen LogP contribution in [0.25, 0.3) is 10.1 Å². The maximum Gasteiger partial charge on any atom is 0.216 e. The van der Waals surface area contributed by atoms with Gasteiger partial charge in [-0.25, -0.2) is 9.97 Å². The molecule has 5 heteroatoms. The van der Waals surface area contributed by atoms with E-state index in [4.69, 9.17) is 4.74 Å². The third-order valence-electron chi connectivity index (χ3n) is 2.81. The summed E-state index contributed by atoms with van der Waals surface area (Å²) < 4.78 is 5.99. The van der Waals surface area contributed by atoms with Crippen molar-refractivity contribution < 1.29 is 9.53 Å². The van der Waals surface area contributed by atoms with Crippen LogP contribution >= 0.6 is 11.3 Å². The van der Waals surface area contributed by atoms with Crippen molar-refractivity contribution in [3.05, 3.63) is 53.3 Å². The topological polar surface area (TPSA) is 52.1 Å². The number of carbonyl (C=O) groups is 1. The molecule has 94 valence electrons. The molecule has 3 rings (SSSR count). The molecule has 0 saturated carbocycles. The number of aromatic nitrogens is 2. The molecule has 1 aromatic carbocycles. The lowest BCUT2D eigenvalue weighted by Gasteiger charge is -2.03. The molecule has 0 amide bonds. The highest BCUT2D eigenvalue weighted by molar-refractivity contribution is 7.17. The Bertz CT molecular complexity index is 752. The van der Waals surface area contributed by atoms with Gasteiger partial charge < -0.3 is 4.74 Å². The minimum Gasteiger partial charge on any atom is -0.481 e. The second kappa shape index (κ2) is 4.78. The smallest absolute Gasteiger partial charge is 0.216 e. The maximum absolute atomic E-state index is 12.5. The van der Waals surface area contributed by atoms with Crippen LogP contribution in [0.5, 0.6) is 5.88 Å². The summed E-state index contributed by atoms with van der Waals surface area (Å²) in [5, 5.41) is 3.04. The number of fused-ring (bicyclic) bond motifs is 1. The molecule has 3 aromatic rings. The van der Waals surface area contributed by atoms with Crippen molar-refractivity contribution in [3.63, 3.8) is 0 Å². The number of methoxy groups -OCH3 is 1. The summed E-state index contributed by atoms with van der Waals surface area (Å²) in [7, 11) is 1.51. The number of rotatable bonds is 3. The van der Waals surface area contributed by atoms with Crippen molar-refractivity contribution in [2.75, 3.05) is 7.11 Å². The molecule has 0 N–H and O–H groups in total. The van der Waals surface area contributed by atoms with E-state index in [0.29, 0.717) is 17.1 Å². The minimum atomic E-state index is -0.117. The van der Waals surface area contributed by atoms with Gasteiger partial charge in [-0.3, -0.25) is 4.79 Å². The zero-order chi connectivity index (χ0) is 13.2. The lowest BCUT2D eigenvalue weighted by molar-refractivity contribution is 0.103. The zero-order valence-electron chi connectivity index (χ0n) is 10.2. The van der Waals surface area contributed by atoms with Gasteiger partial charge in [-0.15, -0.1) is 11.3 Å². The van der Waals surface area contributed by atoms with Crippen LogP contribution in [0.3, 0.4) is 0 Å². The standard InChI is InChI=1S/C14H10N2O2S/c1-18-12-7-11(15-8-16-12)13(17)10-4-2-3-9-5-6-19-14(9)10/h2-8H,1H3. The van der Waals surface area contributed by atoms with Crippen LogP contribution in [0.15, 0.2) is 42.0 Å². The highest BCUT2D eigenvalue weighted by Crippen LogP contribution is 2.26. The normalized spacial score (nSPS) is 10.6. The summed E-state index contributed by atoms with van der Waals surface area (Å²) in [4.78, 5) is 20.4. The van der Waals surface area contributed by atoms with E-state index in [0.717, 1.165) is 10.1 Å². The highest BCUT2D eigenvalue weighted by atomic mass is 32.1. The average Bonchev–Trinajstić information content (AvgIpc) is 2.95. The Morgan fingerprint density at radius 2 is 2.16 bits per heavy atom. The number of benzene rings is 1. The van der Waals surface area contributed by atoms with Crippen molar-refractivity contribution in [2.45, 2.75) is 0 Å². The molecule has 0 aliphatic rings. The van der Waals surface area contributed by atoms with E-state index in [9.17, 15) is 4.79 Å². The highest BCUT2D eigenvalue weighted by Gasteiger charge is 2.15. The number of hydrogen-bond acceptors (Lipinski definition) is 5. The van der Waals surface area contributed by atoms with Crippen LogP contribution in [0, 0.1) is 0 Å². The van der Waals surface area contributed by atoms with Gasteiger partial charge in [0, 0.05) is 16.3 Å². The maximum atomic E-state index is 12.5. The van der Waals surface area contributed by atoms with Gasteiger partial charge in [0.2, 0.25) is 11.7 Å².